The molecule has 0 fully saturated rings. The molecule has 132 valence electrons. The second kappa shape index (κ2) is 8.11. The number of rotatable bonds is 5. The molecule has 0 saturated heterocycles. The summed E-state index contributed by atoms with van der Waals surface area (Å²) in [5.74, 6) is 0. The molecule has 1 aliphatic rings. The van der Waals surface area contributed by atoms with Crippen LogP contribution in [0.2, 0.25) is 0 Å². The minimum Gasteiger partial charge on any atom is -0.286 e. The highest BCUT2D eigenvalue weighted by atomic mass is 32.2. The summed E-state index contributed by atoms with van der Waals surface area (Å²) in [6, 6.07) is 18.3. The van der Waals surface area contributed by atoms with Gasteiger partial charge < -0.3 is 0 Å². The van der Waals surface area contributed by atoms with E-state index in [0.29, 0.717) is 6.61 Å². The van der Waals surface area contributed by atoms with E-state index < -0.39 is 11.1 Å². The number of hydrogen-bond donors (Lipinski definition) is 0. The highest BCUT2D eigenvalue weighted by molar-refractivity contribution is 7.80. The first kappa shape index (κ1) is 18.1. The molecule has 0 bridgehead atoms. The Hall–Kier alpha value is -1.71. The van der Waals surface area contributed by atoms with Crippen LogP contribution < -0.4 is 0 Å². The van der Waals surface area contributed by atoms with Crippen molar-refractivity contribution < 1.29 is 8.39 Å². The van der Waals surface area contributed by atoms with E-state index in [1.165, 1.54) is 11.1 Å². The fourth-order valence-corrected chi connectivity index (χ4v) is 4.42. The van der Waals surface area contributed by atoms with Gasteiger partial charge in [-0.05, 0) is 30.0 Å². The lowest BCUT2D eigenvalue weighted by molar-refractivity contribution is 0.185. The summed E-state index contributed by atoms with van der Waals surface area (Å²) in [5.41, 5.74) is 3.28. The van der Waals surface area contributed by atoms with Crippen LogP contribution in [-0.4, -0.2) is 10.8 Å². The molecule has 0 amide bonds. The van der Waals surface area contributed by atoms with Crippen molar-refractivity contribution in [2.45, 2.75) is 44.4 Å². The Balaban J connectivity index is 2.21. The highest BCUT2D eigenvalue weighted by Crippen LogP contribution is 2.40. The predicted molar refractivity (Wildman–Crippen MR) is 105 cm³/mol. The smallest absolute Gasteiger partial charge is 0.189 e. The van der Waals surface area contributed by atoms with Gasteiger partial charge in [0, 0.05) is 11.0 Å². The van der Waals surface area contributed by atoms with E-state index in [1.807, 2.05) is 24.3 Å². The second-order valence-corrected chi connectivity index (χ2v) is 7.88. The summed E-state index contributed by atoms with van der Waals surface area (Å²) >= 11 is -1.43. The summed E-state index contributed by atoms with van der Waals surface area (Å²) in [7, 11) is 0. The third kappa shape index (κ3) is 3.94. The topological polar surface area (TPSA) is 26.3 Å². The van der Waals surface area contributed by atoms with Crippen molar-refractivity contribution in [3.63, 3.8) is 0 Å². The maximum Gasteiger partial charge on any atom is 0.189 e. The summed E-state index contributed by atoms with van der Waals surface area (Å²) in [5, 5.41) is 0. The molecule has 0 radical (unpaired) electrons. The van der Waals surface area contributed by atoms with Gasteiger partial charge >= 0.3 is 0 Å². The normalized spacial score (nSPS) is 23.3. The largest absolute Gasteiger partial charge is 0.286 e. The Morgan fingerprint density at radius 2 is 1.76 bits per heavy atom. The van der Waals surface area contributed by atoms with Gasteiger partial charge in [-0.15, -0.1) is 0 Å². The Morgan fingerprint density at radius 3 is 2.48 bits per heavy atom. The molecular weight excluding hydrogens is 328 g/mol. The molecule has 0 aromatic heterocycles. The van der Waals surface area contributed by atoms with Crippen molar-refractivity contribution in [1.29, 1.82) is 0 Å². The molecule has 0 spiro atoms. The van der Waals surface area contributed by atoms with Gasteiger partial charge in [-0.2, -0.15) is 0 Å². The zero-order valence-corrected chi connectivity index (χ0v) is 15.9. The minimum absolute atomic E-state index is 0.0790. The fraction of sp³-hybridized carbons (Fsp3) is 0.364. The minimum atomic E-state index is -1.43. The van der Waals surface area contributed by atoms with Crippen molar-refractivity contribution in [1.82, 2.24) is 0 Å². The van der Waals surface area contributed by atoms with Gasteiger partial charge in [-0.1, -0.05) is 81.3 Å². The lowest BCUT2D eigenvalue weighted by atomic mass is 9.77. The van der Waals surface area contributed by atoms with E-state index in [-0.39, 0.29) is 5.41 Å². The zero-order valence-electron chi connectivity index (χ0n) is 15.0. The average Bonchev–Trinajstić information content (AvgIpc) is 2.67. The molecule has 2 aromatic carbocycles. The molecular formula is C22H26O2S. The zero-order chi connectivity index (χ0) is 17.7. The predicted octanol–water partition coefficient (Wildman–Crippen LogP) is 5.76. The van der Waals surface area contributed by atoms with E-state index in [0.717, 1.165) is 36.1 Å². The van der Waals surface area contributed by atoms with Crippen molar-refractivity contribution >= 4 is 16.7 Å². The van der Waals surface area contributed by atoms with Crippen LogP contribution in [0.3, 0.4) is 0 Å². The van der Waals surface area contributed by atoms with Crippen LogP contribution in [0.4, 0.5) is 0 Å². The average molecular weight is 355 g/mol. The highest BCUT2D eigenvalue weighted by Gasteiger charge is 2.31. The van der Waals surface area contributed by atoms with Crippen LogP contribution in [0.25, 0.3) is 5.57 Å². The Kier molecular flexibility index (Phi) is 5.87. The van der Waals surface area contributed by atoms with Gasteiger partial charge in [0.2, 0.25) is 0 Å². The molecule has 25 heavy (non-hydrogen) atoms. The molecule has 0 aliphatic carbocycles. The second-order valence-electron chi connectivity index (χ2n) is 6.74. The van der Waals surface area contributed by atoms with Gasteiger partial charge in [0.05, 0.1) is 11.5 Å². The first-order chi connectivity index (χ1) is 12.2. The molecule has 3 rings (SSSR count). The number of hydrogen-bond acceptors (Lipinski definition) is 2. The van der Waals surface area contributed by atoms with Gasteiger partial charge in [-0.3, -0.25) is 4.18 Å². The van der Waals surface area contributed by atoms with E-state index >= 15 is 0 Å². The van der Waals surface area contributed by atoms with Crippen molar-refractivity contribution in [2.75, 3.05) is 6.61 Å². The molecule has 2 nitrogen and oxygen atoms in total. The Bertz CT molecular complexity index is 767. The molecule has 3 heteroatoms. The van der Waals surface area contributed by atoms with Gasteiger partial charge in [0.25, 0.3) is 0 Å². The quantitative estimate of drug-likeness (QED) is 0.682. The number of unbranched alkanes of at least 4 members (excludes halogenated alkanes) is 1. The van der Waals surface area contributed by atoms with E-state index in [4.69, 9.17) is 4.18 Å². The van der Waals surface area contributed by atoms with Crippen LogP contribution in [0, 0.1) is 5.41 Å². The lowest BCUT2D eigenvalue weighted by Crippen LogP contribution is -2.27. The van der Waals surface area contributed by atoms with Crippen LogP contribution in [0.1, 0.15) is 50.7 Å². The Labute approximate surface area is 153 Å². The first-order valence-corrected chi connectivity index (χ1v) is 10.2. The van der Waals surface area contributed by atoms with E-state index in [9.17, 15) is 4.21 Å². The number of benzene rings is 2. The van der Waals surface area contributed by atoms with Crippen LogP contribution >= 0.6 is 0 Å². The summed E-state index contributed by atoms with van der Waals surface area (Å²) < 4.78 is 18.6. The van der Waals surface area contributed by atoms with Crippen molar-refractivity contribution in [3.05, 3.63) is 71.8 Å². The number of fused-ring (bicyclic) bond motifs is 1. The molecule has 2 aromatic rings. The first-order valence-electron chi connectivity index (χ1n) is 9.12. The monoisotopic (exact) mass is 354 g/mol. The summed E-state index contributed by atoms with van der Waals surface area (Å²) in [6.07, 6.45) is 6.70. The van der Waals surface area contributed by atoms with E-state index in [2.05, 4.69) is 50.3 Å². The molecule has 2 atom stereocenters. The fourth-order valence-electron chi connectivity index (χ4n) is 3.41. The molecule has 0 saturated carbocycles. The van der Waals surface area contributed by atoms with Crippen LogP contribution in [-0.2, 0) is 15.3 Å². The third-order valence-corrected chi connectivity index (χ3v) is 6.12. The van der Waals surface area contributed by atoms with Gasteiger partial charge in [-0.25, -0.2) is 4.21 Å². The maximum absolute atomic E-state index is 12.8. The van der Waals surface area contributed by atoms with Crippen molar-refractivity contribution in [3.8, 4) is 0 Å². The standard InChI is InChI=1S/C22H26O2S/c1-3-5-15-22(4-2)16-20(18-11-7-6-8-12-18)19-13-9-10-14-21(19)25(23)24-17-22/h6-14,16H,3-5,15,17H2,1-2H3. The molecule has 0 N–H and O–H groups in total. The Morgan fingerprint density at radius 1 is 1.04 bits per heavy atom. The van der Waals surface area contributed by atoms with Crippen LogP contribution in [0.15, 0.2) is 65.6 Å². The van der Waals surface area contributed by atoms with Gasteiger partial charge in [0.1, 0.15) is 0 Å². The molecule has 1 heterocycles. The van der Waals surface area contributed by atoms with Gasteiger partial charge in [0.15, 0.2) is 11.1 Å². The summed E-state index contributed by atoms with van der Waals surface area (Å²) in [4.78, 5) is 0.762. The maximum atomic E-state index is 12.8. The third-order valence-electron chi connectivity index (χ3n) is 5.08. The SMILES string of the molecule is CCCCC1(CC)C=C(c2ccccc2)c2ccccc2S(=O)OC1. The lowest BCUT2D eigenvalue weighted by Gasteiger charge is -2.32. The van der Waals surface area contributed by atoms with Crippen molar-refractivity contribution in [2.24, 2.45) is 5.41 Å². The molecule has 1 aliphatic heterocycles. The van der Waals surface area contributed by atoms with E-state index in [1.54, 1.807) is 0 Å². The van der Waals surface area contributed by atoms with Crippen LogP contribution in [0.5, 0.6) is 0 Å². The summed E-state index contributed by atoms with van der Waals surface area (Å²) in [6.45, 7) is 4.91. The molecule has 2 unspecified atom stereocenters.